The van der Waals surface area contributed by atoms with Crippen molar-refractivity contribution in [3.8, 4) is 5.69 Å². The van der Waals surface area contributed by atoms with Gasteiger partial charge in [-0.1, -0.05) is 12.1 Å². The van der Waals surface area contributed by atoms with E-state index in [0.29, 0.717) is 61.5 Å². The standard InChI is InChI=1S/C21H20FN7O/c22-15-4-3-6-17(12-15)29-14-25-18-19(24-13-16-5-1-2-7-23-16)26-21(27-20(18)29)28-8-10-30-11-9-28/h1-7,12,14H,8-11,13H2,(H,24,26,27). The number of halogens is 1. The second-order valence-corrected chi connectivity index (χ2v) is 6.91. The fourth-order valence-corrected chi connectivity index (χ4v) is 3.41. The maximum absolute atomic E-state index is 13.8. The molecule has 0 aliphatic carbocycles. The number of imidazole rings is 1. The highest BCUT2D eigenvalue weighted by atomic mass is 19.1. The Hall–Kier alpha value is -3.59. The number of anilines is 2. The van der Waals surface area contributed by atoms with Crippen LogP contribution in [0.2, 0.25) is 0 Å². The number of nitrogens with one attached hydrogen (secondary N) is 1. The Morgan fingerprint density at radius 3 is 2.73 bits per heavy atom. The molecule has 1 saturated heterocycles. The third kappa shape index (κ3) is 3.67. The Kier molecular flexibility index (Phi) is 4.94. The van der Waals surface area contributed by atoms with E-state index in [1.165, 1.54) is 12.1 Å². The molecule has 0 saturated carbocycles. The second-order valence-electron chi connectivity index (χ2n) is 6.91. The number of ether oxygens (including phenoxy) is 1. The fourth-order valence-electron chi connectivity index (χ4n) is 3.41. The van der Waals surface area contributed by atoms with Gasteiger partial charge < -0.3 is 15.0 Å². The van der Waals surface area contributed by atoms with Gasteiger partial charge in [0.15, 0.2) is 17.0 Å². The summed E-state index contributed by atoms with van der Waals surface area (Å²) >= 11 is 0. The summed E-state index contributed by atoms with van der Waals surface area (Å²) in [5, 5.41) is 3.34. The molecule has 4 heterocycles. The minimum absolute atomic E-state index is 0.315. The van der Waals surface area contributed by atoms with E-state index in [9.17, 15) is 4.39 Å². The van der Waals surface area contributed by atoms with Gasteiger partial charge in [0.2, 0.25) is 5.95 Å². The molecule has 5 rings (SSSR count). The average molecular weight is 405 g/mol. The van der Waals surface area contributed by atoms with Crippen LogP contribution in [-0.2, 0) is 11.3 Å². The van der Waals surface area contributed by atoms with E-state index in [-0.39, 0.29) is 5.82 Å². The van der Waals surface area contributed by atoms with Crippen LogP contribution in [0.4, 0.5) is 16.2 Å². The van der Waals surface area contributed by atoms with Crippen LogP contribution in [0.15, 0.2) is 55.0 Å². The zero-order chi connectivity index (χ0) is 20.3. The van der Waals surface area contributed by atoms with Gasteiger partial charge in [-0.15, -0.1) is 0 Å². The molecule has 4 aromatic rings. The van der Waals surface area contributed by atoms with E-state index in [0.717, 1.165) is 5.69 Å². The number of fused-ring (bicyclic) bond motifs is 1. The van der Waals surface area contributed by atoms with Gasteiger partial charge in [0, 0.05) is 19.3 Å². The molecule has 0 bridgehead atoms. The van der Waals surface area contributed by atoms with E-state index in [2.05, 4.69) is 20.2 Å². The molecule has 8 nitrogen and oxygen atoms in total. The summed E-state index contributed by atoms with van der Waals surface area (Å²) in [5.74, 6) is 0.889. The highest BCUT2D eigenvalue weighted by molar-refractivity contribution is 5.85. The van der Waals surface area contributed by atoms with Gasteiger partial charge in [-0.2, -0.15) is 9.97 Å². The summed E-state index contributed by atoms with van der Waals surface area (Å²) in [6, 6.07) is 12.1. The highest BCUT2D eigenvalue weighted by Gasteiger charge is 2.20. The van der Waals surface area contributed by atoms with Gasteiger partial charge in [0.1, 0.15) is 12.1 Å². The summed E-state index contributed by atoms with van der Waals surface area (Å²) in [7, 11) is 0. The lowest BCUT2D eigenvalue weighted by molar-refractivity contribution is 0.122. The molecule has 1 fully saturated rings. The van der Waals surface area contributed by atoms with Crippen LogP contribution in [0.3, 0.4) is 0 Å². The predicted molar refractivity (Wildman–Crippen MR) is 111 cm³/mol. The zero-order valence-corrected chi connectivity index (χ0v) is 16.2. The van der Waals surface area contributed by atoms with E-state index in [1.807, 2.05) is 24.3 Å². The van der Waals surface area contributed by atoms with E-state index in [4.69, 9.17) is 14.7 Å². The minimum atomic E-state index is -0.315. The Balaban J connectivity index is 1.58. The summed E-state index contributed by atoms with van der Waals surface area (Å²) in [4.78, 5) is 20.4. The summed E-state index contributed by atoms with van der Waals surface area (Å²) in [5.41, 5.74) is 2.77. The molecule has 0 spiro atoms. The highest BCUT2D eigenvalue weighted by Crippen LogP contribution is 2.26. The largest absolute Gasteiger partial charge is 0.378 e. The first-order valence-electron chi connectivity index (χ1n) is 9.75. The number of aromatic nitrogens is 5. The van der Waals surface area contributed by atoms with Crippen molar-refractivity contribution in [2.75, 3.05) is 36.5 Å². The first kappa shape index (κ1) is 18.4. The maximum Gasteiger partial charge on any atom is 0.229 e. The Morgan fingerprint density at radius 1 is 1.03 bits per heavy atom. The van der Waals surface area contributed by atoms with Crippen molar-refractivity contribution in [2.24, 2.45) is 0 Å². The Labute approximate surface area is 172 Å². The maximum atomic E-state index is 13.8. The van der Waals surface area contributed by atoms with Gasteiger partial charge in [-0.3, -0.25) is 9.55 Å². The smallest absolute Gasteiger partial charge is 0.229 e. The van der Waals surface area contributed by atoms with Gasteiger partial charge >= 0.3 is 0 Å². The van der Waals surface area contributed by atoms with Crippen molar-refractivity contribution < 1.29 is 9.13 Å². The third-order valence-corrected chi connectivity index (χ3v) is 4.93. The number of nitrogens with zero attached hydrogens (tertiary/aromatic N) is 6. The van der Waals surface area contributed by atoms with Crippen molar-refractivity contribution in [3.05, 3.63) is 66.5 Å². The van der Waals surface area contributed by atoms with Crippen LogP contribution >= 0.6 is 0 Å². The van der Waals surface area contributed by atoms with Crippen molar-refractivity contribution in [1.82, 2.24) is 24.5 Å². The molecule has 1 aliphatic rings. The normalized spacial score (nSPS) is 14.2. The molecule has 1 aliphatic heterocycles. The summed E-state index contributed by atoms with van der Waals surface area (Å²) in [6.07, 6.45) is 3.40. The zero-order valence-electron chi connectivity index (χ0n) is 16.2. The van der Waals surface area contributed by atoms with Gasteiger partial charge in [-0.05, 0) is 30.3 Å². The van der Waals surface area contributed by atoms with Crippen LogP contribution in [0.5, 0.6) is 0 Å². The van der Waals surface area contributed by atoms with Crippen molar-refractivity contribution >= 4 is 22.9 Å². The molecular formula is C21H20FN7O. The number of rotatable bonds is 5. The quantitative estimate of drug-likeness (QED) is 0.547. The molecule has 1 N–H and O–H groups in total. The van der Waals surface area contributed by atoms with Crippen molar-refractivity contribution in [3.63, 3.8) is 0 Å². The number of morpholine rings is 1. The molecule has 152 valence electrons. The van der Waals surface area contributed by atoms with Gasteiger partial charge in [-0.25, -0.2) is 9.37 Å². The number of benzene rings is 1. The lowest BCUT2D eigenvalue weighted by Crippen LogP contribution is -2.37. The average Bonchev–Trinajstić information content (AvgIpc) is 3.23. The molecule has 0 amide bonds. The molecule has 0 radical (unpaired) electrons. The second kappa shape index (κ2) is 8.03. The first-order chi connectivity index (χ1) is 14.8. The predicted octanol–water partition coefficient (Wildman–Crippen LogP) is 2.80. The molecule has 3 aromatic heterocycles. The van der Waals surface area contributed by atoms with Crippen LogP contribution in [-0.4, -0.2) is 50.8 Å². The fraction of sp³-hybridized carbons (Fsp3) is 0.238. The van der Waals surface area contributed by atoms with E-state index < -0.39 is 0 Å². The molecular weight excluding hydrogens is 385 g/mol. The minimum Gasteiger partial charge on any atom is -0.378 e. The monoisotopic (exact) mass is 405 g/mol. The Morgan fingerprint density at radius 2 is 1.93 bits per heavy atom. The summed E-state index contributed by atoms with van der Waals surface area (Å²) in [6.45, 7) is 3.17. The van der Waals surface area contributed by atoms with Crippen LogP contribution in [0.1, 0.15) is 5.69 Å². The van der Waals surface area contributed by atoms with Crippen molar-refractivity contribution in [2.45, 2.75) is 6.54 Å². The molecule has 0 atom stereocenters. The summed E-state index contributed by atoms with van der Waals surface area (Å²) < 4.78 is 21.0. The van der Waals surface area contributed by atoms with Gasteiger partial charge in [0.25, 0.3) is 0 Å². The molecule has 9 heteroatoms. The number of hydrogen-bond acceptors (Lipinski definition) is 7. The van der Waals surface area contributed by atoms with Crippen LogP contribution in [0, 0.1) is 5.82 Å². The van der Waals surface area contributed by atoms with Crippen LogP contribution in [0.25, 0.3) is 16.9 Å². The van der Waals surface area contributed by atoms with Gasteiger partial charge in [0.05, 0.1) is 31.1 Å². The van der Waals surface area contributed by atoms with Crippen molar-refractivity contribution in [1.29, 1.82) is 0 Å². The van der Waals surface area contributed by atoms with Crippen LogP contribution < -0.4 is 10.2 Å². The first-order valence-corrected chi connectivity index (χ1v) is 9.75. The lowest BCUT2D eigenvalue weighted by Gasteiger charge is -2.27. The Bertz CT molecular complexity index is 1160. The molecule has 1 aromatic carbocycles. The van der Waals surface area contributed by atoms with E-state index in [1.54, 1.807) is 23.2 Å². The third-order valence-electron chi connectivity index (χ3n) is 4.93. The number of hydrogen-bond donors (Lipinski definition) is 1. The molecule has 30 heavy (non-hydrogen) atoms. The lowest BCUT2D eigenvalue weighted by atomic mass is 10.3. The number of pyridine rings is 1. The topological polar surface area (TPSA) is 81.0 Å². The SMILES string of the molecule is Fc1cccc(-n2cnc3c(NCc4ccccn4)nc(N4CCOCC4)nc32)c1. The van der Waals surface area contributed by atoms with E-state index >= 15 is 0 Å². The molecule has 0 unspecified atom stereocenters.